The second kappa shape index (κ2) is 14.2. The molecule has 0 radical (unpaired) electrons. The van der Waals surface area contributed by atoms with Gasteiger partial charge in [0.05, 0.1) is 0 Å². The van der Waals surface area contributed by atoms with Crippen molar-refractivity contribution >= 4 is 5.91 Å². The highest BCUT2D eigenvalue weighted by molar-refractivity contribution is 5.77. The lowest BCUT2D eigenvalue weighted by molar-refractivity contribution is -0.136. The normalized spacial score (nSPS) is 15.2. The number of benzene rings is 4. The summed E-state index contributed by atoms with van der Waals surface area (Å²) in [6.45, 7) is 3.23. The minimum absolute atomic E-state index is 0.0260. The lowest BCUT2D eigenvalue weighted by Gasteiger charge is -2.42. The summed E-state index contributed by atoms with van der Waals surface area (Å²) in [7, 11) is 0. The van der Waals surface area contributed by atoms with Crippen LogP contribution in [0.15, 0.2) is 109 Å². The summed E-state index contributed by atoms with van der Waals surface area (Å²) in [6.07, 6.45) is 1.79. The molecule has 1 heterocycles. The highest BCUT2D eigenvalue weighted by Gasteiger charge is 2.30. The molecule has 208 valence electrons. The first-order chi connectivity index (χ1) is 20.2. The number of carbonyl (C=O) groups excluding carboxylic acids is 1. The molecule has 1 unspecified atom stereocenters. The molecule has 4 aromatic rings. The van der Waals surface area contributed by atoms with E-state index in [0.29, 0.717) is 25.1 Å². The van der Waals surface area contributed by atoms with Crippen LogP contribution in [0.5, 0.6) is 17.2 Å². The quantitative estimate of drug-likeness (QED) is 0.222. The number of carbonyl (C=O) groups is 1. The molecule has 1 aliphatic rings. The Morgan fingerprint density at radius 1 is 0.805 bits per heavy atom. The Morgan fingerprint density at radius 3 is 2.27 bits per heavy atom. The van der Waals surface area contributed by atoms with Crippen LogP contribution >= 0.6 is 0 Å². The predicted octanol–water partition coefficient (Wildman–Crippen LogP) is 6.27. The number of amides is 1. The zero-order chi connectivity index (χ0) is 28.3. The van der Waals surface area contributed by atoms with Crippen molar-refractivity contribution in [2.75, 3.05) is 26.2 Å². The summed E-state index contributed by atoms with van der Waals surface area (Å²) >= 11 is 0. The van der Waals surface area contributed by atoms with Gasteiger partial charge in [-0.1, -0.05) is 78.9 Å². The number of para-hydroxylation sites is 2. The van der Waals surface area contributed by atoms with Crippen molar-refractivity contribution in [1.29, 1.82) is 5.26 Å². The van der Waals surface area contributed by atoms with E-state index in [1.165, 1.54) is 5.56 Å². The average Bonchev–Trinajstić information content (AvgIpc) is 3.01. The fraction of sp³-hybridized carbons (Fsp3) is 0.257. The third-order valence-corrected chi connectivity index (χ3v) is 7.39. The summed E-state index contributed by atoms with van der Waals surface area (Å²) in [6, 6.07) is 38.1. The molecule has 1 saturated heterocycles. The highest BCUT2D eigenvalue weighted by Crippen LogP contribution is 2.27. The van der Waals surface area contributed by atoms with Gasteiger partial charge in [0.25, 0.3) is 0 Å². The van der Waals surface area contributed by atoms with Gasteiger partial charge in [-0.05, 0) is 59.9 Å². The Labute approximate surface area is 242 Å². The standard InChI is InChI=1S/C35H35N3O3/c36-21-24-40-32-18-15-28(16-19-32)25-31-27-37(26-29-9-3-1-4-10-29)22-23-38(31)35(39)20-17-30-11-7-8-14-34(30)41-33-12-5-2-6-13-33/h1-16,18-19,31H,17,20,22-27H2. The molecule has 1 aliphatic heterocycles. The Bertz CT molecular complexity index is 1440. The number of ether oxygens (including phenoxy) is 2. The molecular formula is C35H35N3O3. The summed E-state index contributed by atoms with van der Waals surface area (Å²) < 4.78 is 11.6. The van der Waals surface area contributed by atoms with E-state index in [2.05, 4.69) is 34.1 Å². The van der Waals surface area contributed by atoms with E-state index in [1.54, 1.807) is 0 Å². The van der Waals surface area contributed by atoms with Gasteiger partial charge in [0.2, 0.25) is 5.91 Å². The van der Waals surface area contributed by atoms with E-state index < -0.39 is 0 Å². The molecule has 6 heteroatoms. The third-order valence-electron chi connectivity index (χ3n) is 7.39. The molecule has 5 rings (SSSR count). The van der Waals surface area contributed by atoms with E-state index in [9.17, 15) is 4.79 Å². The van der Waals surface area contributed by atoms with Gasteiger partial charge in [-0.15, -0.1) is 0 Å². The first-order valence-corrected chi connectivity index (χ1v) is 14.1. The van der Waals surface area contributed by atoms with Crippen LogP contribution in [0.1, 0.15) is 23.1 Å². The smallest absolute Gasteiger partial charge is 0.223 e. The maximum Gasteiger partial charge on any atom is 0.223 e. The molecule has 1 amide bonds. The molecule has 0 aromatic heterocycles. The van der Waals surface area contributed by atoms with Crippen LogP contribution in [-0.2, 0) is 24.2 Å². The minimum Gasteiger partial charge on any atom is -0.479 e. The molecule has 0 N–H and O–H groups in total. The molecule has 41 heavy (non-hydrogen) atoms. The second-order valence-electron chi connectivity index (χ2n) is 10.3. The van der Waals surface area contributed by atoms with E-state index in [-0.39, 0.29) is 18.6 Å². The van der Waals surface area contributed by atoms with E-state index in [1.807, 2.05) is 91.0 Å². The van der Waals surface area contributed by atoms with E-state index in [4.69, 9.17) is 14.7 Å². The first kappa shape index (κ1) is 27.9. The monoisotopic (exact) mass is 545 g/mol. The SMILES string of the molecule is N#CCOc1ccc(CC2CN(Cc3ccccc3)CCN2C(=O)CCc2ccccc2Oc2ccccc2)cc1. The Hall–Kier alpha value is -4.60. The molecular weight excluding hydrogens is 510 g/mol. The molecule has 4 aromatic carbocycles. The number of piperazine rings is 1. The molecule has 0 aliphatic carbocycles. The summed E-state index contributed by atoms with van der Waals surface area (Å²) in [4.78, 5) is 18.2. The van der Waals surface area contributed by atoms with Crippen LogP contribution in [-0.4, -0.2) is 48.0 Å². The van der Waals surface area contributed by atoms with Crippen LogP contribution < -0.4 is 9.47 Å². The van der Waals surface area contributed by atoms with Gasteiger partial charge in [0, 0.05) is 38.6 Å². The number of nitrogens with zero attached hydrogens (tertiary/aromatic N) is 3. The van der Waals surface area contributed by atoms with Gasteiger partial charge in [-0.2, -0.15) is 5.26 Å². The Kier molecular flexibility index (Phi) is 9.65. The van der Waals surface area contributed by atoms with Crippen molar-refractivity contribution in [3.63, 3.8) is 0 Å². The first-order valence-electron chi connectivity index (χ1n) is 14.1. The maximum atomic E-state index is 13.7. The van der Waals surface area contributed by atoms with Crippen molar-refractivity contribution in [2.24, 2.45) is 0 Å². The number of rotatable bonds is 11. The maximum absolute atomic E-state index is 13.7. The van der Waals surface area contributed by atoms with Gasteiger partial charge in [0.15, 0.2) is 6.61 Å². The molecule has 0 bridgehead atoms. The second-order valence-corrected chi connectivity index (χ2v) is 10.3. The van der Waals surface area contributed by atoms with Crippen LogP contribution in [0.3, 0.4) is 0 Å². The third kappa shape index (κ3) is 7.97. The van der Waals surface area contributed by atoms with Gasteiger partial charge in [0.1, 0.15) is 23.3 Å². The zero-order valence-corrected chi connectivity index (χ0v) is 23.2. The lowest BCUT2D eigenvalue weighted by Crippen LogP contribution is -2.55. The number of nitriles is 1. The van der Waals surface area contributed by atoms with Crippen molar-refractivity contribution in [2.45, 2.75) is 31.8 Å². The molecule has 6 nitrogen and oxygen atoms in total. The molecule has 1 atom stereocenters. The van der Waals surface area contributed by atoms with Crippen molar-refractivity contribution in [1.82, 2.24) is 9.80 Å². The lowest BCUT2D eigenvalue weighted by atomic mass is 10.00. The minimum atomic E-state index is 0.0260. The Morgan fingerprint density at radius 2 is 1.51 bits per heavy atom. The van der Waals surface area contributed by atoms with Crippen LogP contribution in [0.25, 0.3) is 0 Å². The van der Waals surface area contributed by atoms with Gasteiger partial charge in [-0.25, -0.2) is 0 Å². The predicted molar refractivity (Wildman–Crippen MR) is 160 cm³/mol. The topological polar surface area (TPSA) is 65.8 Å². The molecule has 0 saturated carbocycles. The number of aryl methyl sites for hydroxylation is 1. The highest BCUT2D eigenvalue weighted by atomic mass is 16.5. The summed E-state index contributed by atoms with van der Waals surface area (Å²) in [5.74, 6) is 2.41. The Balaban J connectivity index is 1.27. The van der Waals surface area contributed by atoms with E-state index >= 15 is 0 Å². The average molecular weight is 546 g/mol. The molecule has 0 spiro atoms. The van der Waals surface area contributed by atoms with Crippen molar-refractivity contribution in [3.05, 3.63) is 126 Å². The number of hydrogen-bond acceptors (Lipinski definition) is 5. The largest absolute Gasteiger partial charge is 0.479 e. The van der Waals surface area contributed by atoms with Gasteiger partial charge in [-0.3, -0.25) is 9.69 Å². The fourth-order valence-electron chi connectivity index (χ4n) is 5.33. The van der Waals surface area contributed by atoms with Gasteiger partial charge >= 0.3 is 0 Å². The van der Waals surface area contributed by atoms with Crippen molar-refractivity contribution in [3.8, 4) is 23.3 Å². The van der Waals surface area contributed by atoms with Crippen molar-refractivity contribution < 1.29 is 14.3 Å². The fourth-order valence-corrected chi connectivity index (χ4v) is 5.33. The number of hydrogen-bond donors (Lipinski definition) is 0. The zero-order valence-electron chi connectivity index (χ0n) is 23.2. The molecule has 1 fully saturated rings. The summed E-state index contributed by atoms with van der Waals surface area (Å²) in [5, 5.41) is 8.78. The van der Waals surface area contributed by atoms with Gasteiger partial charge < -0.3 is 14.4 Å². The van der Waals surface area contributed by atoms with Crippen LogP contribution in [0.2, 0.25) is 0 Å². The van der Waals surface area contributed by atoms with E-state index in [0.717, 1.165) is 48.7 Å². The van der Waals surface area contributed by atoms with Crippen LogP contribution in [0, 0.1) is 11.3 Å². The van der Waals surface area contributed by atoms with Crippen LogP contribution in [0.4, 0.5) is 0 Å². The summed E-state index contributed by atoms with van der Waals surface area (Å²) in [5.41, 5.74) is 3.44.